The molecule has 23 heavy (non-hydrogen) atoms. The normalized spacial score (nSPS) is 14.7. The summed E-state index contributed by atoms with van der Waals surface area (Å²) in [5.41, 5.74) is 2.12. The predicted octanol–water partition coefficient (Wildman–Crippen LogP) is 5.00. The van der Waals surface area contributed by atoms with E-state index in [1.165, 1.54) is 37.8 Å². The SMILES string of the molecule is O=C(Nc1cccc(NC2CCCC2)c1)c1cc(Cl)nc(Cl)c1. The molecule has 0 saturated heterocycles. The Kier molecular flexibility index (Phi) is 5.03. The second-order valence-electron chi connectivity index (χ2n) is 5.66. The van der Waals surface area contributed by atoms with E-state index < -0.39 is 0 Å². The Morgan fingerprint density at radius 1 is 1.04 bits per heavy atom. The first kappa shape index (κ1) is 16.1. The highest BCUT2D eigenvalue weighted by Crippen LogP contribution is 2.24. The number of anilines is 2. The number of nitrogens with zero attached hydrogens (tertiary/aromatic N) is 1. The Hall–Kier alpha value is -1.78. The van der Waals surface area contributed by atoms with E-state index in [0.29, 0.717) is 11.6 Å². The molecular weight excluding hydrogens is 333 g/mol. The van der Waals surface area contributed by atoms with Crippen LogP contribution in [0.3, 0.4) is 0 Å². The van der Waals surface area contributed by atoms with Crippen molar-refractivity contribution in [1.82, 2.24) is 4.98 Å². The smallest absolute Gasteiger partial charge is 0.255 e. The number of carbonyl (C=O) groups excluding carboxylic acids is 1. The number of amides is 1. The number of nitrogens with one attached hydrogen (secondary N) is 2. The van der Waals surface area contributed by atoms with Crippen LogP contribution in [0.2, 0.25) is 10.3 Å². The van der Waals surface area contributed by atoms with Gasteiger partial charge in [0.25, 0.3) is 5.91 Å². The van der Waals surface area contributed by atoms with E-state index in [1.807, 2.05) is 24.3 Å². The Morgan fingerprint density at radius 2 is 1.70 bits per heavy atom. The van der Waals surface area contributed by atoms with Gasteiger partial charge in [-0.3, -0.25) is 4.79 Å². The minimum atomic E-state index is -0.269. The van der Waals surface area contributed by atoms with Gasteiger partial charge in [0.05, 0.1) is 0 Å². The fourth-order valence-electron chi connectivity index (χ4n) is 2.79. The third-order valence-electron chi connectivity index (χ3n) is 3.87. The zero-order valence-electron chi connectivity index (χ0n) is 12.5. The number of pyridine rings is 1. The van der Waals surface area contributed by atoms with Crippen LogP contribution >= 0.6 is 23.2 Å². The summed E-state index contributed by atoms with van der Waals surface area (Å²) in [5, 5.41) is 6.75. The first-order valence-electron chi connectivity index (χ1n) is 7.61. The van der Waals surface area contributed by atoms with Crippen molar-refractivity contribution in [2.24, 2.45) is 0 Å². The van der Waals surface area contributed by atoms with E-state index in [4.69, 9.17) is 23.2 Å². The molecule has 0 spiro atoms. The van der Waals surface area contributed by atoms with Crippen molar-refractivity contribution in [3.05, 3.63) is 52.3 Å². The van der Waals surface area contributed by atoms with Crippen LogP contribution in [0.1, 0.15) is 36.0 Å². The van der Waals surface area contributed by atoms with Gasteiger partial charge in [0.15, 0.2) is 0 Å². The van der Waals surface area contributed by atoms with Crippen molar-refractivity contribution in [3.63, 3.8) is 0 Å². The maximum atomic E-state index is 12.3. The molecule has 1 aromatic heterocycles. The lowest BCUT2D eigenvalue weighted by molar-refractivity contribution is 0.102. The quantitative estimate of drug-likeness (QED) is 0.764. The number of hydrogen-bond acceptors (Lipinski definition) is 3. The van der Waals surface area contributed by atoms with Crippen LogP contribution in [0.25, 0.3) is 0 Å². The molecule has 6 heteroatoms. The van der Waals surface area contributed by atoms with Gasteiger partial charge in [-0.2, -0.15) is 0 Å². The highest BCUT2D eigenvalue weighted by atomic mass is 35.5. The third kappa shape index (κ3) is 4.36. The Labute approximate surface area is 145 Å². The molecule has 0 bridgehead atoms. The number of carbonyl (C=O) groups is 1. The molecule has 1 aliphatic carbocycles. The average Bonchev–Trinajstić information content (AvgIpc) is 2.99. The Bertz CT molecular complexity index is 694. The van der Waals surface area contributed by atoms with Crippen molar-refractivity contribution in [1.29, 1.82) is 0 Å². The predicted molar refractivity (Wildman–Crippen MR) is 94.5 cm³/mol. The molecule has 2 N–H and O–H groups in total. The van der Waals surface area contributed by atoms with Crippen LogP contribution in [0.5, 0.6) is 0 Å². The van der Waals surface area contributed by atoms with Crippen molar-refractivity contribution < 1.29 is 4.79 Å². The first-order valence-corrected chi connectivity index (χ1v) is 8.37. The standard InChI is InChI=1S/C17H17Cl2N3O/c18-15-8-11(9-16(19)22-15)17(23)21-14-7-3-6-13(10-14)20-12-4-1-2-5-12/h3,6-10,12,20H,1-2,4-5H2,(H,21,23). The van der Waals surface area contributed by atoms with Crippen LogP contribution < -0.4 is 10.6 Å². The molecular formula is C17H17Cl2N3O. The molecule has 0 aliphatic heterocycles. The molecule has 0 atom stereocenters. The van der Waals surface area contributed by atoms with E-state index in [0.717, 1.165) is 11.4 Å². The van der Waals surface area contributed by atoms with E-state index in [-0.39, 0.29) is 16.2 Å². The largest absolute Gasteiger partial charge is 0.382 e. The molecule has 3 rings (SSSR count). The summed E-state index contributed by atoms with van der Waals surface area (Å²) in [6.45, 7) is 0. The molecule has 1 amide bonds. The Balaban J connectivity index is 1.70. The zero-order valence-corrected chi connectivity index (χ0v) is 14.0. The Morgan fingerprint density at radius 3 is 2.39 bits per heavy atom. The van der Waals surface area contributed by atoms with Crippen molar-refractivity contribution >= 4 is 40.5 Å². The highest BCUT2D eigenvalue weighted by molar-refractivity contribution is 6.33. The molecule has 1 aromatic carbocycles. The fourth-order valence-corrected chi connectivity index (χ4v) is 3.25. The van der Waals surface area contributed by atoms with Crippen LogP contribution in [0.15, 0.2) is 36.4 Å². The molecule has 4 nitrogen and oxygen atoms in total. The van der Waals surface area contributed by atoms with Gasteiger partial charge in [-0.15, -0.1) is 0 Å². The second kappa shape index (κ2) is 7.20. The van der Waals surface area contributed by atoms with E-state index in [2.05, 4.69) is 15.6 Å². The number of benzene rings is 1. The summed E-state index contributed by atoms with van der Waals surface area (Å²) in [4.78, 5) is 16.1. The lowest BCUT2D eigenvalue weighted by Gasteiger charge is -2.14. The maximum Gasteiger partial charge on any atom is 0.255 e. The van der Waals surface area contributed by atoms with Gasteiger partial charge in [0.2, 0.25) is 0 Å². The molecule has 1 saturated carbocycles. The van der Waals surface area contributed by atoms with Gasteiger partial charge in [-0.25, -0.2) is 4.98 Å². The second-order valence-corrected chi connectivity index (χ2v) is 6.44. The summed E-state index contributed by atoms with van der Waals surface area (Å²) in [6, 6.07) is 11.2. The van der Waals surface area contributed by atoms with Crippen molar-refractivity contribution in [3.8, 4) is 0 Å². The molecule has 1 fully saturated rings. The average molecular weight is 350 g/mol. The van der Waals surface area contributed by atoms with Gasteiger partial charge >= 0.3 is 0 Å². The monoisotopic (exact) mass is 349 g/mol. The van der Waals surface area contributed by atoms with Gasteiger partial charge in [0.1, 0.15) is 10.3 Å². The summed E-state index contributed by atoms with van der Waals surface area (Å²) in [5.74, 6) is -0.269. The van der Waals surface area contributed by atoms with Gasteiger partial charge in [-0.1, -0.05) is 42.1 Å². The van der Waals surface area contributed by atoms with Crippen molar-refractivity contribution in [2.45, 2.75) is 31.7 Å². The maximum absolute atomic E-state index is 12.3. The van der Waals surface area contributed by atoms with Crippen molar-refractivity contribution in [2.75, 3.05) is 10.6 Å². The van der Waals surface area contributed by atoms with Crippen LogP contribution in [-0.4, -0.2) is 16.9 Å². The number of aromatic nitrogens is 1. The summed E-state index contributed by atoms with van der Waals surface area (Å²) < 4.78 is 0. The summed E-state index contributed by atoms with van der Waals surface area (Å²) >= 11 is 11.7. The summed E-state index contributed by atoms with van der Waals surface area (Å²) in [6.07, 6.45) is 4.95. The minimum Gasteiger partial charge on any atom is -0.382 e. The molecule has 2 aromatic rings. The number of halogens is 2. The molecule has 0 unspecified atom stereocenters. The van der Waals surface area contributed by atoms with E-state index >= 15 is 0 Å². The topological polar surface area (TPSA) is 54.0 Å². The fraction of sp³-hybridized carbons (Fsp3) is 0.294. The lowest BCUT2D eigenvalue weighted by Crippen LogP contribution is -2.15. The third-order valence-corrected chi connectivity index (χ3v) is 4.26. The zero-order chi connectivity index (χ0) is 16.2. The first-order chi connectivity index (χ1) is 11.1. The molecule has 1 aliphatic rings. The molecule has 120 valence electrons. The van der Waals surface area contributed by atoms with E-state index in [9.17, 15) is 4.79 Å². The molecule has 0 radical (unpaired) electrons. The van der Waals surface area contributed by atoms with Crippen LogP contribution in [-0.2, 0) is 0 Å². The minimum absolute atomic E-state index is 0.194. The molecule has 1 heterocycles. The van der Waals surface area contributed by atoms with Crippen LogP contribution in [0.4, 0.5) is 11.4 Å². The van der Waals surface area contributed by atoms with Gasteiger partial charge in [0, 0.05) is 23.0 Å². The summed E-state index contributed by atoms with van der Waals surface area (Å²) in [7, 11) is 0. The van der Waals surface area contributed by atoms with Crippen LogP contribution in [0, 0.1) is 0 Å². The van der Waals surface area contributed by atoms with Gasteiger partial charge in [-0.05, 0) is 43.2 Å². The highest BCUT2D eigenvalue weighted by Gasteiger charge is 2.15. The van der Waals surface area contributed by atoms with E-state index in [1.54, 1.807) is 0 Å². The van der Waals surface area contributed by atoms with Gasteiger partial charge < -0.3 is 10.6 Å². The number of hydrogen-bond donors (Lipinski definition) is 2. The number of rotatable bonds is 4. The lowest BCUT2D eigenvalue weighted by atomic mass is 10.2.